The van der Waals surface area contributed by atoms with Crippen molar-refractivity contribution in [3.05, 3.63) is 34.3 Å². The van der Waals surface area contributed by atoms with Gasteiger partial charge in [0.2, 0.25) is 0 Å². The topological polar surface area (TPSA) is 46.3 Å². The van der Waals surface area contributed by atoms with Crippen LogP contribution >= 0.6 is 15.9 Å². The van der Waals surface area contributed by atoms with Crippen molar-refractivity contribution in [2.45, 2.75) is 24.2 Å². The third kappa shape index (κ3) is 3.48. The van der Waals surface area contributed by atoms with Gasteiger partial charge >= 0.3 is 12.2 Å². The summed E-state index contributed by atoms with van der Waals surface area (Å²) in [5.74, 6) is 0. The molecule has 0 amide bonds. The number of nitrogens with zero attached hydrogens (tertiary/aromatic N) is 3. The summed E-state index contributed by atoms with van der Waals surface area (Å²) in [6.07, 6.45) is -7.65. The highest BCUT2D eigenvalue weighted by molar-refractivity contribution is 9.10. The van der Waals surface area contributed by atoms with Crippen LogP contribution in [0.1, 0.15) is 12.0 Å². The number of benzene rings is 1. The van der Waals surface area contributed by atoms with E-state index in [0.717, 1.165) is 0 Å². The van der Waals surface area contributed by atoms with E-state index in [2.05, 4.69) is 35.8 Å². The standard InChI is InChI=1S/C12H9BBrF4N3O/c13-21-20-10-19-11(6-15,5-9(22-10)12(16,17)18)7-2-1-3-8(14)4-7/h1-4,9H,5-6H2/t9-,11+/m0/s1. The molecule has 1 aromatic carbocycles. The van der Waals surface area contributed by atoms with E-state index in [0.29, 0.717) is 4.47 Å². The molecule has 2 atom stereocenters. The summed E-state index contributed by atoms with van der Waals surface area (Å²) >= 11 is 3.20. The van der Waals surface area contributed by atoms with Crippen molar-refractivity contribution in [2.75, 3.05) is 6.67 Å². The predicted octanol–water partition coefficient (Wildman–Crippen LogP) is 3.86. The number of aliphatic imine (C=N–C) groups is 1. The van der Waals surface area contributed by atoms with Crippen LogP contribution in [0.3, 0.4) is 0 Å². The fraction of sp³-hybridized carbons (Fsp3) is 0.417. The van der Waals surface area contributed by atoms with Gasteiger partial charge < -0.3 is 4.74 Å². The molecule has 0 bridgehead atoms. The van der Waals surface area contributed by atoms with Gasteiger partial charge in [0, 0.05) is 10.9 Å². The summed E-state index contributed by atoms with van der Waals surface area (Å²) in [6.45, 7) is -1.15. The van der Waals surface area contributed by atoms with Crippen molar-refractivity contribution in [2.24, 2.45) is 15.1 Å². The maximum absolute atomic E-state index is 13.7. The zero-order valence-corrected chi connectivity index (χ0v) is 12.6. The lowest BCUT2D eigenvalue weighted by Crippen LogP contribution is -2.45. The van der Waals surface area contributed by atoms with Crippen LogP contribution in [0.5, 0.6) is 0 Å². The van der Waals surface area contributed by atoms with Gasteiger partial charge in [0.15, 0.2) is 6.10 Å². The Hall–Kier alpha value is -1.45. The van der Waals surface area contributed by atoms with E-state index in [9.17, 15) is 17.6 Å². The molecule has 22 heavy (non-hydrogen) atoms. The fourth-order valence-corrected chi connectivity index (χ4v) is 2.53. The molecule has 0 aliphatic carbocycles. The summed E-state index contributed by atoms with van der Waals surface area (Å²) in [5, 5.41) is 6.05. The number of alkyl halides is 4. The second-order valence-electron chi connectivity index (χ2n) is 4.64. The Morgan fingerprint density at radius 3 is 2.73 bits per heavy atom. The number of ether oxygens (including phenoxy) is 1. The number of amidine groups is 1. The third-order valence-electron chi connectivity index (χ3n) is 3.17. The lowest BCUT2D eigenvalue weighted by atomic mass is 9.85. The molecule has 116 valence electrons. The molecule has 1 aromatic rings. The highest BCUT2D eigenvalue weighted by atomic mass is 79.9. The molecule has 0 fully saturated rings. The van der Waals surface area contributed by atoms with Gasteiger partial charge in [-0.25, -0.2) is 9.38 Å². The van der Waals surface area contributed by atoms with E-state index in [1.54, 1.807) is 12.1 Å². The minimum atomic E-state index is -4.70. The van der Waals surface area contributed by atoms with Gasteiger partial charge in [-0.05, 0) is 17.7 Å². The first-order chi connectivity index (χ1) is 10.3. The Kier molecular flexibility index (Phi) is 4.88. The van der Waals surface area contributed by atoms with Gasteiger partial charge in [0.25, 0.3) is 7.98 Å². The zero-order chi connectivity index (χ0) is 16.4. The van der Waals surface area contributed by atoms with Gasteiger partial charge in [-0.2, -0.15) is 13.2 Å². The fourth-order valence-electron chi connectivity index (χ4n) is 2.13. The molecule has 10 heteroatoms. The van der Waals surface area contributed by atoms with Crippen LogP contribution in [0.15, 0.2) is 43.9 Å². The smallest absolute Gasteiger partial charge is 0.425 e. The molecule has 0 saturated heterocycles. The molecule has 0 saturated carbocycles. The molecule has 0 N–H and O–H groups in total. The molecular weight excluding hydrogens is 369 g/mol. The molecule has 0 aromatic heterocycles. The molecule has 2 rings (SSSR count). The summed E-state index contributed by atoms with van der Waals surface area (Å²) in [7, 11) is 4.82. The van der Waals surface area contributed by atoms with Crippen LogP contribution in [0.2, 0.25) is 0 Å². The van der Waals surface area contributed by atoms with E-state index < -0.39 is 36.9 Å². The summed E-state index contributed by atoms with van der Waals surface area (Å²) in [4.78, 5) is 3.85. The predicted molar refractivity (Wildman–Crippen MR) is 75.4 cm³/mol. The minimum Gasteiger partial charge on any atom is -0.450 e. The van der Waals surface area contributed by atoms with Crippen molar-refractivity contribution in [1.82, 2.24) is 0 Å². The van der Waals surface area contributed by atoms with Crippen LogP contribution in [-0.2, 0) is 10.3 Å². The van der Waals surface area contributed by atoms with Gasteiger partial charge in [0.05, 0.1) is 0 Å². The lowest BCUT2D eigenvalue weighted by molar-refractivity contribution is -0.209. The minimum absolute atomic E-state index is 0.270. The Bertz CT molecular complexity index is 610. The molecular formula is C12H9BBrF4N3O. The second-order valence-corrected chi connectivity index (χ2v) is 5.55. The van der Waals surface area contributed by atoms with Gasteiger partial charge in [-0.3, -0.25) is 5.03 Å². The van der Waals surface area contributed by atoms with Crippen LogP contribution in [0, 0.1) is 0 Å². The number of hydrogen-bond donors (Lipinski definition) is 0. The van der Waals surface area contributed by atoms with E-state index in [1.165, 1.54) is 12.1 Å². The first-order valence-electron chi connectivity index (χ1n) is 6.07. The number of rotatable bonds is 2. The van der Waals surface area contributed by atoms with Crippen LogP contribution in [0.25, 0.3) is 0 Å². The molecule has 4 nitrogen and oxygen atoms in total. The van der Waals surface area contributed by atoms with E-state index in [4.69, 9.17) is 7.98 Å². The van der Waals surface area contributed by atoms with Gasteiger partial charge in [-0.1, -0.05) is 28.1 Å². The number of halogens is 5. The average molecular weight is 378 g/mol. The average Bonchev–Trinajstić information content (AvgIpc) is 2.46. The summed E-state index contributed by atoms with van der Waals surface area (Å²) in [5.41, 5.74) is -1.49. The van der Waals surface area contributed by atoms with Crippen molar-refractivity contribution >= 4 is 29.9 Å². The van der Waals surface area contributed by atoms with Gasteiger partial charge in [0.1, 0.15) is 12.2 Å². The normalized spacial score (nSPS) is 25.9. The Balaban J connectivity index is 2.53. The van der Waals surface area contributed by atoms with E-state index >= 15 is 0 Å². The molecule has 1 aliphatic heterocycles. The second kappa shape index (κ2) is 6.35. The molecule has 1 aliphatic rings. The summed E-state index contributed by atoms with van der Waals surface area (Å²) in [6, 6.07) is 5.53. The van der Waals surface area contributed by atoms with Crippen LogP contribution < -0.4 is 0 Å². The summed E-state index contributed by atoms with van der Waals surface area (Å²) < 4.78 is 57.9. The van der Waals surface area contributed by atoms with Gasteiger partial charge in [-0.15, -0.1) is 5.11 Å². The molecule has 1 heterocycles. The van der Waals surface area contributed by atoms with Crippen molar-refractivity contribution in [1.29, 1.82) is 0 Å². The van der Waals surface area contributed by atoms with E-state index in [-0.39, 0.29) is 5.56 Å². The van der Waals surface area contributed by atoms with Crippen molar-refractivity contribution in [3.63, 3.8) is 0 Å². The highest BCUT2D eigenvalue weighted by Crippen LogP contribution is 2.41. The maximum atomic E-state index is 13.7. The SMILES string of the molecule is [B]N=NC1=N[C@](CF)(c2cccc(Br)c2)C[C@@H](C(F)(F)F)O1. The van der Waals surface area contributed by atoms with Crippen molar-refractivity contribution < 1.29 is 22.3 Å². The largest absolute Gasteiger partial charge is 0.450 e. The molecule has 0 spiro atoms. The Morgan fingerprint density at radius 2 is 2.18 bits per heavy atom. The lowest BCUT2D eigenvalue weighted by Gasteiger charge is -2.36. The van der Waals surface area contributed by atoms with E-state index in [1.807, 2.05) is 0 Å². The number of hydrogen-bond acceptors (Lipinski definition) is 4. The Labute approximate surface area is 133 Å². The van der Waals surface area contributed by atoms with Crippen LogP contribution in [0.4, 0.5) is 17.6 Å². The Morgan fingerprint density at radius 1 is 1.45 bits per heavy atom. The quantitative estimate of drug-likeness (QED) is 0.438. The third-order valence-corrected chi connectivity index (χ3v) is 3.67. The first-order valence-corrected chi connectivity index (χ1v) is 6.86. The maximum Gasteiger partial charge on any atom is 0.425 e. The highest BCUT2D eigenvalue weighted by Gasteiger charge is 2.51. The molecule has 2 radical (unpaired) electrons. The van der Waals surface area contributed by atoms with Crippen LogP contribution in [-0.4, -0.2) is 33.0 Å². The first kappa shape index (κ1) is 16.9. The monoisotopic (exact) mass is 377 g/mol. The zero-order valence-electron chi connectivity index (χ0n) is 11.0. The van der Waals surface area contributed by atoms with Crippen molar-refractivity contribution in [3.8, 4) is 0 Å². The molecule has 0 unspecified atom stereocenters.